The number of hydrogen-bond acceptors (Lipinski definition) is 1. The third-order valence-electron chi connectivity index (χ3n) is 3.70. The Balaban J connectivity index is 1.77. The van der Waals surface area contributed by atoms with Crippen LogP contribution in [0, 0.1) is 6.07 Å². The van der Waals surface area contributed by atoms with Crippen molar-refractivity contribution in [2.24, 2.45) is 0 Å². The Kier molecular flexibility index (Phi) is 2.79. The maximum Gasteiger partial charge on any atom is 0.0460 e. The van der Waals surface area contributed by atoms with Crippen LogP contribution in [-0.4, -0.2) is 9.97 Å². The highest BCUT2D eigenvalue weighted by atomic mass is 14.7. The van der Waals surface area contributed by atoms with Crippen molar-refractivity contribution in [2.45, 2.75) is 0 Å². The summed E-state index contributed by atoms with van der Waals surface area (Å²) in [6, 6.07) is 22.0. The summed E-state index contributed by atoms with van der Waals surface area (Å²) in [7, 11) is 0. The molecule has 2 heteroatoms. The molecule has 0 aliphatic rings. The second-order valence-electron chi connectivity index (χ2n) is 4.97. The third kappa shape index (κ3) is 2.11. The van der Waals surface area contributed by atoms with Gasteiger partial charge in [0.2, 0.25) is 0 Å². The van der Waals surface area contributed by atoms with Crippen molar-refractivity contribution >= 4 is 10.9 Å². The predicted molar refractivity (Wildman–Crippen MR) is 85.8 cm³/mol. The highest BCUT2D eigenvalue weighted by molar-refractivity contribution is 5.95. The van der Waals surface area contributed by atoms with Crippen LogP contribution in [0.1, 0.15) is 0 Å². The van der Waals surface area contributed by atoms with E-state index in [2.05, 4.69) is 52.6 Å². The first-order chi connectivity index (χ1) is 10.4. The van der Waals surface area contributed by atoms with Gasteiger partial charge in [-0.05, 0) is 47.0 Å². The number of pyridine rings is 1. The quantitative estimate of drug-likeness (QED) is 0.561. The van der Waals surface area contributed by atoms with Gasteiger partial charge in [0.05, 0.1) is 0 Å². The average molecular weight is 269 g/mol. The van der Waals surface area contributed by atoms with Crippen molar-refractivity contribution in [1.82, 2.24) is 9.97 Å². The highest BCUT2D eigenvalue weighted by Crippen LogP contribution is 2.29. The Labute approximate surface area is 123 Å². The van der Waals surface area contributed by atoms with Gasteiger partial charge in [0.1, 0.15) is 0 Å². The van der Waals surface area contributed by atoms with Gasteiger partial charge in [-0.25, -0.2) is 0 Å². The zero-order chi connectivity index (χ0) is 14.1. The van der Waals surface area contributed by atoms with Crippen molar-refractivity contribution in [3.8, 4) is 22.3 Å². The number of H-pyrrole nitrogens is 1. The third-order valence-corrected chi connectivity index (χ3v) is 3.70. The Hall–Kier alpha value is -2.87. The lowest BCUT2D eigenvalue weighted by Crippen LogP contribution is -1.80. The van der Waals surface area contributed by atoms with Crippen LogP contribution in [-0.2, 0) is 0 Å². The van der Waals surface area contributed by atoms with Crippen LogP contribution in [0.4, 0.5) is 0 Å². The molecule has 2 aromatic carbocycles. The molecule has 0 atom stereocenters. The van der Waals surface area contributed by atoms with Gasteiger partial charge in [0.25, 0.3) is 0 Å². The maximum atomic E-state index is 4.05. The molecule has 1 N–H and O–H groups in total. The molecule has 2 nitrogen and oxygen atoms in total. The van der Waals surface area contributed by atoms with Gasteiger partial charge >= 0.3 is 0 Å². The molecule has 21 heavy (non-hydrogen) atoms. The first-order valence-corrected chi connectivity index (χ1v) is 6.90. The molecule has 0 saturated carbocycles. The molecular weight excluding hydrogens is 256 g/mol. The second kappa shape index (κ2) is 4.91. The number of aromatic amines is 1. The molecule has 99 valence electrons. The monoisotopic (exact) mass is 269 g/mol. The van der Waals surface area contributed by atoms with Crippen LogP contribution in [0.5, 0.6) is 0 Å². The molecule has 4 rings (SSSR count). The number of nitrogens with one attached hydrogen (secondary N) is 1. The van der Waals surface area contributed by atoms with Gasteiger partial charge in [0, 0.05) is 35.1 Å². The van der Waals surface area contributed by atoms with E-state index in [1.165, 1.54) is 16.5 Å². The van der Waals surface area contributed by atoms with E-state index < -0.39 is 0 Å². The summed E-state index contributed by atoms with van der Waals surface area (Å²) >= 11 is 0. The smallest absolute Gasteiger partial charge is 0.0460 e. The van der Waals surface area contributed by atoms with Crippen molar-refractivity contribution in [2.75, 3.05) is 0 Å². The normalized spacial score (nSPS) is 10.9. The fourth-order valence-corrected chi connectivity index (χ4v) is 2.61. The van der Waals surface area contributed by atoms with Crippen LogP contribution in [0.2, 0.25) is 0 Å². The Morgan fingerprint density at radius 3 is 2.52 bits per heavy atom. The van der Waals surface area contributed by atoms with E-state index in [1.807, 2.05) is 24.3 Å². The molecule has 0 saturated heterocycles. The Bertz CT molecular complexity index is 874. The molecule has 0 fully saturated rings. The number of fused-ring (bicyclic) bond motifs is 1. The topological polar surface area (TPSA) is 28.7 Å². The minimum atomic E-state index is 1.08. The lowest BCUT2D eigenvalue weighted by Gasteiger charge is -2.03. The number of para-hydroxylation sites is 1. The lowest BCUT2D eigenvalue weighted by molar-refractivity contribution is 1.33. The van der Waals surface area contributed by atoms with E-state index in [4.69, 9.17) is 0 Å². The summed E-state index contributed by atoms with van der Waals surface area (Å²) < 4.78 is 0. The first-order valence-electron chi connectivity index (χ1n) is 6.90. The van der Waals surface area contributed by atoms with E-state index in [0.29, 0.717) is 0 Å². The summed E-state index contributed by atoms with van der Waals surface area (Å²) in [4.78, 5) is 7.36. The number of hydrogen-bond donors (Lipinski definition) is 1. The van der Waals surface area contributed by atoms with Crippen LogP contribution in [0.3, 0.4) is 0 Å². The molecule has 0 aliphatic heterocycles. The summed E-state index contributed by atoms with van der Waals surface area (Å²) in [5.41, 5.74) is 5.76. The maximum absolute atomic E-state index is 4.05. The molecule has 0 aliphatic carbocycles. The van der Waals surface area contributed by atoms with E-state index in [1.54, 1.807) is 12.4 Å². The molecule has 0 bridgehead atoms. The van der Waals surface area contributed by atoms with Crippen LogP contribution >= 0.6 is 0 Å². The van der Waals surface area contributed by atoms with Gasteiger partial charge in [-0.15, -0.1) is 0 Å². The zero-order valence-corrected chi connectivity index (χ0v) is 11.4. The number of benzene rings is 2. The van der Waals surface area contributed by atoms with Crippen molar-refractivity contribution in [3.05, 3.63) is 79.3 Å². The van der Waals surface area contributed by atoms with E-state index in [-0.39, 0.29) is 0 Å². The van der Waals surface area contributed by atoms with Crippen LogP contribution in [0.25, 0.3) is 33.2 Å². The van der Waals surface area contributed by atoms with Gasteiger partial charge < -0.3 is 4.98 Å². The van der Waals surface area contributed by atoms with E-state index in [9.17, 15) is 0 Å². The molecular formula is C19H13N2. The molecule has 2 heterocycles. The summed E-state index contributed by atoms with van der Waals surface area (Å²) in [6.07, 6.45) is 5.66. The van der Waals surface area contributed by atoms with Crippen molar-refractivity contribution in [3.63, 3.8) is 0 Å². The van der Waals surface area contributed by atoms with Gasteiger partial charge in [0.15, 0.2) is 0 Å². The lowest BCUT2D eigenvalue weighted by atomic mass is 10.0. The molecule has 1 radical (unpaired) electrons. The van der Waals surface area contributed by atoms with Crippen molar-refractivity contribution in [1.29, 1.82) is 0 Å². The number of aromatic nitrogens is 2. The standard InChI is InChI=1S/C19H13N2/c1-2-4-19-17(3-1)18(13-21-19)16-7-5-14(6-8-16)15-9-11-20-12-10-15/h1-5,7-13,21H. The minimum Gasteiger partial charge on any atom is -0.361 e. The largest absolute Gasteiger partial charge is 0.361 e. The fraction of sp³-hybridized carbons (Fsp3) is 0. The zero-order valence-electron chi connectivity index (χ0n) is 11.4. The van der Waals surface area contributed by atoms with E-state index >= 15 is 0 Å². The summed E-state index contributed by atoms with van der Waals surface area (Å²) in [5, 5.41) is 1.24. The predicted octanol–water partition coefficient (Wildman–Crippen LogP) is 4.70. The number of nitrogens with zero attached hydrogens (tertiary/aromatic N) is 1. The molecule has 0 unspecified atom stereocenters. The van der Waals surface area contributed by atoms with Crippen LogP contribution in [0.15, 0.2) is 73.2 Å². The average Bonchev–Trinajstić information content (AvgIpc) is 3.00. The van der Waals surface area contributed by atoms with Crippen LogP contribution < -0.4 is 0 Å². The SMILES string of the molecule is [c]1cc(-c2c[nH]c3ccccc23)ccc1-c1ccncc1. The summed E-state index contributed by atoms with van der Waals surface area (Å²) in [6.45, 7) is 0. The van der Waals surface area contributed by atoms with Gasteiger partial charge in [-0.2, -0.15) is 0 Å². The first kappa shape index (κ1) is 11.9. The minimum absolute atomic E-state index is 1.08. The molecule has 0 amide bonds. The fourth-order valence-electron chi connectivity index (χ4n) is 2.61. The Morgan fingerprint density at radius 2 is 1.71 bits per heavy atom. The molecule has 4 aromatic rings. The van der Waals surface area contributed by atoms with Gasteiger partial charge in [-0.1, -0.05) is 30.3 Å². The van der Waals surface area contributed by atoms with Crippen molar-refractivity contribution < 1.29 is 0 Å². The Morgan fingerprint density at radius 1 is 0.857 bits per heavy atom. The van der Waals surface area contributed by atoms with Gasteiger partial charge in [-0.3, -0.25) is 4.98 Å². The summed E-state index contributed by atoms with van der Waals surface area (Å²) in [5.74, 6) is 0. The number of rotatable bonds is 2. The highest BCUT2D eigenvalue weighted by Gasteiger charge is 2.06. The second-order valence-corrected chi connectivity index (χ2v) is 4.97. The molecule has 0 spiro atoms. The van der Waals surface area contributed by atoms with E-state index in [0.717, 1.165) is 16.6 Å². The molecule has 2 aromatic heterocycles.